The molecular weight excluding hydrogens is 302 g/mol. The summed E-state index contributed by atoms with van der Waals surface area (Å²) in [6.07, 6.45) is -0.633. The number of amides is 3. The number of carbonyl (C=O) groups excluding carboxylic acids is 2. The number of ether oxygens (including phenoxy) is 3. The number of rotatable bonds is 5. The summed E-state index contributed by atoms with van der Waals surface area (Å²) < 4.78 is 15.5. The number of benzene rings is 1. The van der Waals surface area contributed by atoms with Crippen molar-refractivity contribution in [3.63, 3.8) is 0 Å². The molecule has 3 amide bonds. The van der Waals surface area contributed by atoms with Crippen molar-refractivity contribution in [2.75, 3.05) is 43.6 Å². The number of urea groups is 1. The largest absolute Gasteiger partial charge is 0.450 e. The predicted molar refractivity (Wildman–Crippen MR) is 84.7 cm³/mol. The molecule has 8 heteroatoms. The van der Waals surface area contributed by atoms with Crippen LogP contribution in [0.2, 0.25) is 0 Å². The molecule has 23 heavy (non-hydrogen) atoms. The van der Waals surface area contributed by atoms with Crippen molar-refractivity contribution in [2.45, 2.75) is 13.0 Å². The van der Waals surface area contributed by atoms with Gasteiger partial charge in [0.05, 0.1) is 32.5 Å². The number of hydrogen-bond donors (Lipinski definition) is 3. The number of carbonyl (C=O) groups is 2. The maximum absolute atomic E-state index is 11.8. The average molecular weight is 323 g/mol. The van der Waals surface area contributed by atoms with Gasteiger partial charge in [0.1, 0.15) is 0 Å². The maximum atomic E-state index is 11.8. The monoisotopic (exact) mass is 323 g/mol. The highest BCUT2D eigenvalue weighted by Crippen LogP contribution is 2.13. The molecule has 0 spiro atoms. The first-order valence-corrected chi connectivity index (χ1v) is 7.45. The summed E-state index contributed by atoms with van der Waals surface area (Å²) in [6.45, 7) is 4.04. The van der Waals surface area contributed by atoms with E-state index in [-0.39, 0.29) is 12.1 Å². The van der Waals surface area contributed by atoms with Crippen LogP contribution in [0.15, 0.2) is 24.3 Å². The second-order valence-electron chi connectivity index (χ2n) is 4.83. The third-order valence-corrected chi connectivity index (χ3v) is 3.04. The van der Waals surface area contributed by atoms with Gasteiger partial charge in [-0.15, -0.1) is 0 Å². The zero-order chi connectivity index (χ0) is 16.5. The third-order valence-electron chi connectivity index (χ3n) is 3.04. The van der Waals surface area contributed by atoms with E-state index in [1.165, 1.54) is 0 Å². The second kappa shape index (κ2) is 8.96. The lowest BCUT2D eigenvalue weighted by Gasteiger charge is -2.23. The summed E-state index contributed by atoms with van der Waals surface area (Å²) in [5, 5.41) is 7.99. The van der Waals surface area contributed by atoms with Gasteiger partial charge in [-0.3, -0.25) is 5.32 Å². The molecule has 1 fully saturated rings. The van der Waals surface area contributed by atoms with Crippen LogP contribution in [0.4, 0.5) is 21.0 Å². The molecule has 0 bridgehead atoms. The summed E-state index contributed by atoms with van der Waals surface area (Å²) in [5.74, 6) is 0. The van der Waals surface area contributed by atoms with Crippen LogP contribution in [0.5, 0.6) is 0 Å². The number of anilines is 2. The Hall–Kier alpha value is -2.32. The Morgan fingerprint density at radius 2 is 1.87 bits per heavy atom. The molecule has 1 aromatic rings. The first-order chi connectivity index (χ1) is 11.2. The summed E-state index contributed by atoms with van der Waals surface area (Å²) in [4.78, 5) is 23.1. The molecule has 0 unspecified atom stereocenters. The minimum atomic E-state index is -0.513. The van der Waals surface area contributed by atoms with Crippen molar-refractivity contribution in [2.24, 2.45) is 0 Å². The van der Waals surface area contributed by atoms with Gasteiger partial charge < -0.3 is 24.8 Å². The van der Waals surface area contributed by atoms with E-state index >= 15 is 0 Å². The van der Waals surface area contributed by atoms with Gasteiger partial charge in [-0.05, 0) is 31.2 Å². The molecule has 1 aliphatic heterocycles. The van der Waals surface area contributed by atoms with Gasteiger partial charge in [0, 0.05) is 17.9 Å². The van der Waals surface area contributed by atoms with E-state index < -0.39 is 6.09 Å². The molecule has 0 aromatic heterocycles. The van der Waals surface area contributed by atoms with Crippen LogP contribution in [-0.4, -0.2) is 51.2 Å². The van der Waals surface area contributed by atoms with Gasteiger partial charge in [-0.2, -0.15) is 0 Å². The lowest BCUT2D eigenvalue weighted by atomic mass is 10.3. The molecule has 3 N–H and O–H groups in total. The number of hydrogen-bond acceptors (Lipinski definition) is 5. The fourth-order valence-corrected chi connectivity index (χ4v) is 1.96. The maximum Gasteiger partial charge on any atom is 0.411 e. The minimum Gasteiger partial charge on any atom is -0.450 e. The zero-order valence-corrected chi connectivity index (χ0v) is 13.0. The molecule has 8 nitrogen and oxygen atoms in total. The van der Waals surface area contributed by atoms with Crippen LogP contribution in [0, 0.1) is 0 Å². The van der Waals surface area contributed by atoms with Gasteiger partial charge in [-0.25, -0.2) is 9.59 Å². The van der Waals surface area contributed by atoms with E-state index in [1.807, 2.05) is 0 Å². The Bertz CT molecular complexity index is 514. The van der Waals surface area contributed by atoms with Crippen molar-refractivity contribution in [1.82, 2.24) is 5.32 Å². The van der Waals surface area contributed by atoms with E-state index in [9.17, 15) is 9.59 Å². The van der Waals surface area contributed by atoms with Crippen molar-refractivity contribution < 1.29 is 23.8 Å². The Morgan fingerprint density at radius 3 is 2.48 bits per heavy atom. The normalized spacial score (nSPS) is 17.2. The predicted octanol–water partition coefficient (Wildman–Crippen LogP) is 1.79. The summed E-state index contributed by atoms with van der Waals surface area (Å²) >= 11 is 0. The van der Waals surface area contributed by atoms with E-state index in [2.05, 4.69) is 16.0 Å². The summed E-state index contributed by atoms with van der Waals surface area (Å²) in [7, 11) is 0. The van der Waals surface area contributed by atoms with Gasteiger partial charge in [0.25, 0.3) is 0 Å². The van der Waals surface area contributed by atoms with Crippen molar-refractivity contribution >= 4 is 23.5 Å². The topological polar surface area (TPSA) is 97.9 Å². The SMILES string of the molecule is CCOC(=O)Nc1ccc(NC(=O)NC[C@H]2COCCO2)cc1. The first-order valence-electron chi connectivity index (χ1n) is 7.45. The Kier molecular flexibility index (Phi) is 6.64. The second-order valence-corrected chi connectivity index (χ2v) is 4.83. The number of nitrogens with one attached hydrogen (secondary N) is 3. The molecule has 1 saturated heterocycles. The van der Waals surface area contributed by atoms with Crippen molar-refractivity contribution in [3.05, 3.63) is 24.3 Å². The first kappa shape index (κ1) is 17.0. The molecule has 0 saturated carbocycles. The quantitative estimate of drug-likeness (QED) is 0.767. The van der Waals surface area contributed by atoms with Crippen LogP contribution >= 0.6 is 0 Å². The molecule has 1 aliphatic rings. The van der Waals surface area contributed by atoms with E-state index in [1.54, 1.807) is 31.2 Å². The minimum absolute atomic E-state index is 0.120. The highest BCUT2D eigenvalue weighted by molar-refractivity contribution is 5.90. The third kappa shape index (κ3) is 6.13. The highest BCUT2D eigenvalue weighted by atomic mass is 16.6. The van der Waals surface area contributed by atoms with E-state index in [0.717, 1.165) is 0 Å². The van der Waals surface area contributed by atoms with Crippen LogP contribution in [0.25, 0.3) is 0 Å². The van der Waals surface area contributed by atoms with Gasteiger partial charge >= 0.3 is 12.1 Å². The molecule has 0 aliphatic carbocycles. The Morgan fingerprint density at radius 1 is 1.17 bits per heavy atom. The van der Waals surface area contributed by atoms with Gasteiger partial charge in [0.2, 0.25) is 0 Å². The van der Waals surface area contributed by atoms with Gasteiger partial charge in [0.15, 0.2) is 0 Å². The molecule has 126 valence electrons. The highest BCUT2D eigenvalue weighted by Gasteiger charge is 2.15. The molecule has 1 atom stereocenters. The Balaban J connectivity index is 1.73. The lowest BCUT2D eigenvalue weighted by molar-refractivity contribution is -0.0852. The standard InChI is InChI=1S/C15H21N3O5/c1-2-22-15(20)18-12-5-3-11(4-6-12)17-14(19)16-9-13-10-21-7-8-23-13/h3-6,13H,2,7-10H2,1H3,(H,18,20)(H2,16,17,19)/t13-/m0/s1. The van der Waals surface area contributed by atoms with Crippen molar-refractivity contribution in [1.29, 1.82) is 0 Å². The van der Waals surface area contributed by atoms with Gasteiger partial charge in [-0.1, -0.05) is 0 Å². The van der Waals surface area contributed by atoms with Crippen molar-refractivity contribution in [3.8, 4) is 0 Å². The smallest absolute Gasteiger partial charge is 0.411 e. The Labute approximate surface area is 134 Å². The van der Waals surface area contributed by atoms with Crippen LogP contribution in [0.3, 0.4) is 0 Å². The van der Waals surface area contributed by atoms with Crippen LogP contribution in [0.1, 0.15) is 6.92 Å². The fourth-order valence-electron chi connectivity index (χ4n) is 1.96. The average Bonchev–Trinajstić information content (AvgIpc) is 2.56. The van der Waals surface area contributed by atoms with Crippen LogP contribution in [-0.2, 0) is 14.2 Å². The molecular formula is C15H21N3O5. The molecule has 0 radical (unpaired) electrons. The fraction of sp³-hybridized carbons (Fsp3) is 0.467. The lowest BCUT2D eigenvalue weighted by Crippen LogP contribution is -2.41. The van der Waals surface area contributed by atoms with Crippen LogP contribution < -0.4 is 16.0 Å². The zero-order valence-electron chi connectivity index (χ0n) is 13.0. The molecule has 1 heterocycles. The molecule has 2 rings (SSSR count). The summed E-state index contributed by atoms with van der Waals surface area (Å²) in [6, 6.07) is 6.38. The van der Waals surface area contributed by atoms with E-state index in [4.69, 9.17) is 14.2 Å². The molecule has 1 aromatic carbocycles. The summed E-state index contributed by atoms with van der Waals surface area (Å²) in [5.41, 5.74) is 1.19. The van der Waals surface area contributed by atoms with E-state index in [0.29, 0.717) is 44.3 Å².